The maximum Gasteiger partial charge on any atom is 0.299 e. The molecule has 0 heterocycles. The number of hydrogen-bond acceptors (Lipinski definition) is 2. The van der Waals surface area contributed by atoms with Crippen LogP contribution in [0.3, 0.4) is 0 Å². The zero-order valence-electron chi connectivity index (χ0n) is 26.6. The molecule has 0 unspecified atom stereocenters. The summed E-state index contributed by atoms with van der Waals surface area (Å²) in [5.74, 6) is 9.05. The van der Waals surface area contributed by atoms with Gasteiger partial charge in [-0.25, -0.2) is 0 Å². The highest BCUT2D eigenvalue weighted by atomic mass is 28.2. The molecule has 4 heteroatoms. The third kappa shape index (κ3) is 5.66. The number of fused-ring (bicyclic) bond motifs is 4. The quantitative estimate of drug-likeness (QED) is 0.111. The molecule has 0 bridgehead atoms. The molecule has 46 heavy (non-hydrogen) atoms. The van der Waals surface area contributed by atoms with Gasteiger partial charge in [-0.1, -0.05) is 95.7 Å². The topological polar surface area (TPSA) is 18.5 Å². The Kier molecular flexibility index (Phi) is 8.08. The van der Waals surface area contributed by atoms with Gasteiger partial charge in [0, 0.05) is 11.1 Å². The largest absolute Gasteiger partial charge is 0.537 e. The Bertz CT molecular complexity index is 2270. The van der Waals surface area contributed by atoms with E-state index in [0.717, 1.165) is 44.2 Å². The second kappa shape index (κ2) is 12.6. The van der Waals surface area contributed by atoms with E-state index in [-0.39, 0.29) is 0 Å². The summed E-state index contributed by atoms with van der Waals surface area (Å²) < 4.78 is 12.5. The summed E-state index contributed by atoms with van der Waals surface area (Å²) >= 11 is 0. The smallest absolute Gasteiger partial charge is 0.299 e. The Balaban J connectivity index is 1.37. The molecular weight excluding hydrogens is 593 g/mol. The number of rotatable bonds is 4. The first-order valence-corrected chi connectivity index (χ1v) is 18.2. The fourth-order valence-corrected chi connectivity index (χ4v) is 7.70. The van der Waals surface area contributed by atoms with Gasteiger partial charge in [-0.05, 0) is 129 Å². The molecule has 0 saturated carbocycles. The number of aryl methyl sites for hydroxylation is 2. The third-order valence-corrected chi connectivity index (χ3v) is 10.5. The lowest BCUT2D eigenvalue weighted by atomic mass is 9.90. The van der Waals surface area contributed by atoms with Gasteiger partial charge < -0.3 is 8.85 Å². The van der Waals surface area contributed by atoms with Crippen molar-refractivity contribution in [1.29, 1.82) is 0 Å². The SMILES string of the molecule is Cc1cccc(O[SiH2]C#Cc2c3ccccc3c(C#C[SiH2]Oc3cccc(C)c3C)c3cc4cc5ccccc5cc4cc23)c1C. The molecule has 7 aromatic carbocycles. The predicted molar refractivity (Wildman–Crippen MR) is 200 cm³/mol. The molecule has 2 nitrogen and oxygen atoms in total. The zero-order chi connectivity index (χ0) is 31.6. The average Bonchev–Trinajstić information content (AvgIpc) is 3.07. The van der Waals surface area contributed by atoms with Crippen molar-refractivity contribution < 1.29 is 8.85 Å². The lowest BCUT2D eigenvalue weighted by molar-refractivity contribution is 0.599. The summed E-state index contributed by atoms with van der Waals surface area (Å²) in [6.07, 6.45) is 0. The zero-order valence-corrected chi connectivity index (χ0v) is 29.5. The van der Waals surface area contributed by atoms with Crippen LogP contribution < -0.4 is 8.85 Å². The molecule has 7 rings (SSSR count). The lowest BCUT2D eigenvalue weighted by Crippen LogP contribution is -2.02. The van der Waals surface area contributed by atoms with Crippen molar-refractivity contribution in [2.75, 3.05) is 0 Å². The molecule has 0 saturated heterocycles. The van der Waals surface area contributed by atoms with Crippen LogP contribution in [0.25, 0.3) is 43.1 Å². The predicted octanol–water partition coefficient (Wildman–Crippen LogP) is 8.48. The molecule has 0 aliphatic heterocycles. The van der Waals surface area contributed by atoms with Crippen LogP contribution in [0.1, 0.15) is 33.4 Å². The van der Waals surface area contributed by atoms with Gasteiger partial charge in [0.25, 0.3) is 19.5 Å². The van der Waals surface area contributed by atoms with Crippen molar-refractivity contribution in [3.63, 3.8) is 0 Å². The van der Waals surface area contributed by atoms with Crippen LogP contribution in [-0.4, -0.2) is 19.5 Å². The van der Waals surface area contributed by atoms with E-state index in [1.54, 1.807) is 0 Å². The molecule has 7 aromatic rings. The van der Waals surface area contributed by atoms with E-state index < -0.39 is 19.5 Å². The summed E-state index contributed by atoms with van der Waals surface area (Å²) in [4.78, 5) is 0. The van der Waals surface area contributed by atoms with Gasteiger partial charge in [0.1, 0.15) is 11.5 Å². The van der Waals surface area contributed by atoms with Crippen LogP contribution in [0.5, 0.6) is 11.5 Å². The lowest BCUT2D eigenvalue weighted by Gasteiger charge is -2.13. The second-order valence-corrected chi connectivity index (χ2v) is 13.7. The van der Waals surface area contributed by atoms with Gasteiger partial charge in [0.05, 0.1) is 0 Å². The molecular formula is C42H34O2Si2. The summed E-state index contributed by atoms with van der Waals surface area (Å²) in [6.45, 7) is 8.45. The Morgan fingerprint density at radius 1 is 0.435 bits per heavy atom. The van der Waals surface area contributed by atoms with E-state index in [1.165, 1.54) is 43.8 Å². The fraction of sp³-hybridized carbons (Fsp3) is 0.0952. The molecule has 0 aliphatic rings. The molecule has 0 spiro atoms. The molecule has 0 amide bonds. The van der Waals surface area contributed by atoms with E-state index in [4.69, 9.17) is 8.85 Å². The van der Waals surface area contributed by atoms with Crippen LogP contribution in [0.15, 0.2) is 109 Å². The fourth-order valence-electron chi connectivity index (χ4n) is 6.12. The van der Waals surface area contributed by atoms with Crippen LogP contribution in [0.2, 0.25) is 0 Å². The first-order valence-electron chi connectivity index (χ1n) is 15.6. The summed E-state index contributed by atoms with van der Waals surface area (Å²) in [5.41, 5.74) is 13.8. The number of hydrogen-bond donors (Lipinski definition) is 0. The van der Waals surface area contributed by atoms with Crippen LogP contribution in [0.4, 0.5) is 0 Å². The van der Waals surface area contributed by atoms with E-state index in [2.05, 4.69) is 136 Å². The standard InChI is InChI=1S/C42H34O2Si2/c1-27-11-9-17-41(29(27)3)43-45-21-19-37-35-15-7-8-16-36(35)38(20-22-46-44-42-18-10-12-28(2)30(42)4)40-26-34-24-32-14-6-5-13-31(32)23-33(34)25-39(37)40/h5-18,23-26H,45-46H2,1-4H3. The Morgan fingerprint density at radius 3 is 1.33 bits per heavy atom. The Hall–Kier alpha value is -5.27. The van der Waals surface area contributed by atoms with Crippen molar-refractivity contribution in [3.05, 3.63) is 143 Å². The van der Waals surface area contributed by atoms with Gasteiger partial charge in [-0.2, -0.15) is 0 Å². The first-order chi connectivity index (χ1) is 22.5. The highest BCUT2D eigenvalue weighted by Crippen LogP contribution is 2.36. The monoisotopic (exact) mass is 626 g/mol. The minimum absolute atomic E-state index is 0.936. The number of benzene rings is 7. The summed E-state index contributed by atoms with van der Waals surface area (Å²) in [6, 6.07) is 38.6. The minimum Gasteiger partial charge on any atom is -0.537 e. The average molecular weight is 627 g/mol. The van der Waals surface area contributed by atoms with Crippen LogP contribution in [-0.2, 0) is 0 Å². The van der Waals surface area contributed by atoms with Crippen molar-refractivity contribution in [1.82, 2.24) is 0 Å². The summed E-state index contributed by atoms with van der Waals surface area (Å²) in [5, 5.41) is 9.32. The maximum atomic E-state index is 6.26. The van der Waals surface area contributed by atoms with Gasteiger partial charge in [-0.3, -0.25) is 0 Å². The van der Waals surface area contributed by atoms with E-state index in [1.807, 2.05) is 24.3 Å². The second-order valence-electron chi connectivity index (χ2n) is 11.8. The first kappa shape index (κ1) is 29.4. The van der Waals surface area contributed by atoms with E-state index in [0.29, 0.717) is 0 Å². The van der Waals surface area contributed by atoms with Crippen LogP contribution >= 0.6 is 0 Å². The van der Waals surface area contributed by atoms with E-state index >= 15 is 0 Å². The molecule has 0 fully saturated rings. The van der Waals surface area contributed by atoms with Gasteiger partial charge >= 0.3 is 0 Å². The summed E-state index contributed by atoms with van der Waals surface area (Å²) in [7, 11) is -2.26. The molecule has 0 atom stereocenters. The van der Waals surface area contributed by atoms with E-state index in [9.17, 15) is 0 Å². The normalized spacial score (nSPS) is 11.4. The van der Waals surface area contributed by atoms with Crippen molar-refractivity contribution in [2.45, 2.75) is 27.7 Å². The van der Waals surface area contributed by atoms with Gasteiger partial charge in [-0.15, -0.1) is 0 Å². The highest BCUT2D eigenvalue weighted by molar-refractivity contribution is 6.40. The molecule has 0 aliphatic carbocycles. The molecule has 0 N–H and O–H groups in total. The van der Waals surface area contributed by atoms with Crippen molar-refractivity contribution in [2.24, 2.45) is 0 Å². The van der Waals surface area contributed by atoms with Crippen LogP contribution in [0, 0.1) is 50.6 Å². The highest BCUT2D eigenvalue weighted by Gasteiger charge is 2.14. The molecule has 0 radical (unpaired) electrons. The Morgan fingerprint density at radius 2 is 0.870 bits per heavy atom. The Labute approximate surface area is 275 Å². The van der Waals surface area contributed by atoms with Crippen molar-refractivity contribution >= 4 is 62.6 Å². The van der Waals surface area contributed by atoms with Crippen molar-refractivity contribution in [3.8, 4) is 34.4 Å². The third-order valence-electron chi connectivity index (χ3n) is 8.98. The molecule has 222 valence electrons. The molecule has 0 aromatic heterocycles. The van der Waals surface area contributed by atoms with Gasteiger partial charge in [0.15, 0.2) is 0 Å². The minimum atomic E-state index is -1.13. The maximum absolute atomic E-state index is 6.26. The van der Waals surface area contributed by atoms with Gasteiger partial charge in [0.2, 0.25) is 0 Å².